The van der Waals surface area contributed by atoms with Crippen LogP contribution in [0.15, 0.2) is 45.9 Å². The SMILES string of the molecule is O=C(N/N=C/c1ccc([N+](=O)[O-])o1)[C@@H]1COc2ccccc2O1. The smallest absolute Gasteiger partial charge is 0.433 e. The summed E-state index contributed by atoms with van der Waals surface area (Å²) in [5.41, 5.74) is 2.27. The number of rotatable bonds is 4. The standard InChI is InChI=1S/C14H11N3O6/c18-14(12-8-21-10-3-1-2-4-11(10)23-12)16-15-7-9-5-6-13(22-9)17(19)20/h1-7,12H,8H2,(H,16,18)/b15-7+/t12-/m0/s1. The molecule has 1 amide bonds. The minimum absolute atomic E-state index is 0.0601. The van der Waals surface area contributed by atoms with Crippen LogP contribution < -0.4 is 14.9 Å². The number of nitrogens with one attached hydrogen (secondary N) is 1. The van der Waals surface area contributed by atoms with Crippen molar-refractivity contribution in [3.8, 4) is 11.5 Å². The van der Waals surface area contributed by atoms with Crippen molar-refractivity contribution in [2.75, 3.05) is 6.61 Å². The third-order valence-corrected chi connectivity index (χ3v) is 2.96. The molecule has 0 radical (unpaired) electrons. The second-order valence-corrected chi connectivity index (χ2v) is 4.53. The molecule has 9 nitrogen and oxygen atoms in total. The van der Waals surface area contributed by atoms with Gasteiger partial charge in [0.15, 0.2) is 17.3 Å². The van der Waals surface area contributed by atoms with Crippen LogP contribution in [-0.4, -0.2) is 29.8 Å². The van der Waals surface area contributed by atoms with Crippen LogP contribution in [0, 0.1) is 10.1 Å². The Morgan fingerprint density at radius 1 is 1.30 bits per heavy atom. The number of nitro groups is 1. The molecule has 2 heterocycles. The molecule has 0 aliphatic carbocycles. The zero-order chi connectivity index (χ0) is 16.2. The molecule has 0 saturated heterocycles. The molecule has 1 atom stereocenters. The summed E-state index contributed by atoms with van der Waals surface area (Å²) in [6, 6.07) is 9.56. The van der Waals surface area contributed by atoms with Crippen LogP contribution >= 0.6 is 0 Å². The summed E-state index contributed by atoms with van der Waals surface area (Å²) in [7, 11) is 0. The Bertz CT molecular complexity index is 769. The molecular weight excluding hydrogens is 306 g/mol. The first-order valence-corrected chi connectivity index (χ1v) is 6.59. The second kappa shape index (κ2) is 6.18. The van der Waals surface area contributed by atoms with E-state index in [9.17, 15) is 14.9 Å². The number of fused-ring (bicyclic) bond motifs is 1. The van der Waals surface area contributed by atoms with E-state index in [-0.39, 0.29) is 12.4 Å². The van der Waals surface area contributed by atoms with Gasteiger partial charge in [-0.2, -0.15) is 5.10 Å². The molecule has 118 valence electrons. The van der Waals surface area contributed by atoms with Crippen molar-refractivity contribution in [2.45, 2.75) is 6.10 Å². The van der Waals surface area contributed by atoms with E-state index in [2.05, 4.69) is 10.5 Å². The molecule has 2 aromatic rings. The molecule has 0 fully saturated rings. The maximum atomic E-state index is 11.9. The third kappa shape index (κ3) is 3.28. The van der Waals surface area contributed by atoms with E-state index in [1.54, 1.807) is 24.3 Å². The zero-order valence-electron chi connectivity index (χ0n) is 11.7. The largest absolute Gasteiger partial charge is 0.485 e. The van der Waals surface area contributed by atoms with Gasteiger partial charge in [0.05, 0.1) is 12.3 Å². The van der Waals surface area contributed by atoms with E-state index in [4.69, 9.17) is 13.9 Å². The minimum atomic E-state index is -0.840. The van der Waals surface area contributed by atoms with Crippen molar-refractivity contribution in [3.63, 3.8) is 0 Å². The highest BCUT2D eigenvalue weighted by molar-refractivity contribution is 5.84. The molecular formula is C14H11N3O6. The van der Waals surface area contributed by atoms with E-state index in [0.29, 0.717) is 11.5 Å². The van der Waals surface area contributed by atoms with E-state index < -0.39 is 22.8 Å². The first kappa shape index (κ1) is 14.6. The van der Waals surface area contributed by atoms with Crippen LogP contribution in [0.2, 0.25) is 0 Å². The Morgan fingerprint density at radius 2 is 2.09 bits per heavy atom. The maximum absolute atomic E-state index is 11.9. The number of para-hydroxylation sites is 2. The molecule has 9 heteroatoms. The lowest BCUT2D eigenvalue weighted by molar-refractivity contribution is -0.402. The number of furan rings is 1. The third-order valence-electron chi connectivity index (χ3n) is 2.96. The van der Waals surface area contributed by atoms with Gasteiger partial charge in [-0.3, -0.25) is 14.9 Å². The number of hydrazone groups is 1. The lowest BCUT2D eigenvalue weighted by Crippen LogP contribution is -2.42. The first-order valence-electron chi connectivity index (χ1n) is 6.59. The lowest BCUT2D eigenvalue weighted by Gasteiger charge is -2.24. The molecule has 0 unspecified atom stereocenters. The van der Waals surface area contributed by atoms with Gasteiger partial charge in [0.25, 0.3) is 5.91 Å². The molecule has 3 rings (SSSR count). The van der Waals surface area contributed by atoms with Crippen molar-refractivity contribution in [1.29, 1.82) is 0 Å². The predicted molar refractivity (Wildman–Crippen MR) is 77.5 cm³/mol. The Hall–Kier alpha value is -3.36. The van der Waals surface area contributed by atoms with Gasteiger partial charge in [-0.15, -0.1) is 0 Å². The van der Waals surface area contributed by atoms with Crippen LogP contribution in [0.25, 0.3) is 0 Å². The average molecular weight is 317 g/mol. The Labute approximate surface area is 129 Å². The number of carbonyl (C=O) groups excluding carboxylic acids is 1. The van der Waals surface area contributed by atoms with Gasteiger partial charge in [0.2, 0.25) is 6.10 Å². The molecule has 1 aromatic heterocycles. The van der Waals surface area contributed by atoms with Gasteiger partial charge < -0.3 is 13.9 Å². The number of hydrogen-bond acceptors (Lipinski definition) is 7. The van der Waals surface area contributed by atoms with Gasteiger partial charge in [-0.1, -0.05) is 12.1 Å². The second-order valence-electron chi connectivity index (χ2n) is 4.53. The molecule has 1 N–H and O–H groups in total. The summed E-state index contributed by atoms with van der Waals surface area (Å²) in [5, 5.41) is 14.1. The van der Waals surface area contributed by atoms with Crippen molar-refractivity contribution in [3.05, 3.63) is 52.3 Å². The maximum Gasteiger partial charge on any atom is 0.433 e. The predicted octanol–water partition coefficient (Wildman–Crippen LogP) is 1.48. The highest BCUT2D eigenvalue weighted by Crippen LogP contribution is 2.30. The number of nitrogens with zero attached hydrogens (tertiary/aromatic N) is 2. The fourth-order valence-corrected chi connectivity index (χ4v) is 1.89. The number of carbonyl (C=O) groups is 1. The monoisotopic (exact) mass is 317 g/mol. The fraction of sp³-hybridized carbons (Fsp3) is 0.143. The fourth-order valence-electron chi connectivity index (χ4n) is 1.89. The summed E-state index contributed by atoms with van der Waals surface area (Å²) in [6.07, 6.45) is 0.315. The van der Waals surface area contributed by atoms with Crippen LogP contribution in [-0.2, 0) is 4.79 Å². The number of hydrogen-bond donors (Lipinski definition) is 1. The van der Waals surface area contributed by atoms with Crippen LogP contribution in [0.1, 0.15) is 5.76 Å². The summed E-state index contributed by atoms with van der Waals surface area (Å²) < 4.78 is 15.8. The minimum Gasteiger partial charge on any atom is -0.485 e. The summed E-state index contributed by atoms with van der Waals surface area (Å²) in [6.45, 7) is 0.0601. The first-order chi connectivity index (χ1) is 11.1. The summed E-state index contributed by atoms with van der Waals surface area (Å²) in [5.74, 6) is 0.283. The van der Waals surface area contributed by atoms with E-state index >= 15 is 0 Å². The van der Waals surface area contributed by atoms with Gasteiger partial charge in [0, 0.05) is 0 Å². The quantitative estimate of drug-likeness (QED) is 0.518. The van der Waals surface area contributed by atoms with Crippen molar-refractivity contribution >= 4 is 18.0 Å². The van der Waals surface area contributed by atoms with Crippen molar-refractivity contribution in [1.82, 2.24) is 5.43 Å². The molecule has 1 aromatic carbocycles. The van der Waals surface area contributed by atoms with Gasteiger partial charge in [-0.05, 0) is 18.2 Å². The van der Waals surface area contributed by atoms with Gasteiger partial charge in [0.1, 0.15) is 11.5 Å². The Morgan fingerprint density at radius 3 is 2.83 bits per heavy atom. The molecule has 0 saturated carbocycles. The highest BCUT2D eigenvalue weighted by Gasteiger charge is 2.27. The molecule has 23 heavy (non-hydrogen) atoms. The molecule has 0 spiro atoms. The normalized spacial score (nSPS) is 16.3. The van der Waals surface area contributed by atoms with Gasteiger partial charge >= 0.3 is 5.88 Å². The number of amides is 1. The zero-order valence-corrected chi connectivity index (χ0v) is 11.7. The van der Waals surface area contributed by atoms with Gasteiger partial charge in [-0.25, -0.2) is 5.43 Å². The average Bonchev–Trinajstić information content (AvgIpc) is 3.03. The Balaban J connectivity index is 1.57. The molecule has 1 aliphatic heterocycles. The Kier molecular flexibility index (Phi) is 3.91. The lowest BCUT2D eigenvalue weighted by atomic mass is 10.2. The summed E-state index contributed by atoms with van der Waals surface area (Å²) >= 11 is 0. The van der Waals surface area contributed by atoms with Crippen molar-refractivity contribution < 1.29 is 23.6 Å². The highest BCUT2D eigenvalue weighted by atomic mass is 16.6. The van der Waals surface area contributed by atoms with Crippen LogP contribution in [0.5, 0.6) is 11.5 Å². The number of ether oxygens (including phenoxy) is 2. The topological polar surface area (TPSA) is 116 Å². The summed E-state index contributed by atoms with van der Waals surface area (Å²) in [4.78, 5) is 21.7. The van der Waals surface area contributed by atoms with E-state index in [1.807, 2.05) is 0 Å². The van der Waals surface area contributed by atoms with Crippen molar-refractivity contribution in [2.24, 2.45) is 5.10 Å². The van der Waals surface area contributed by atoms with E-state index in [0.717, 1.165) is 6.21 Å². The molecule has 1 aliphatic rings. The van der Waals surface area contributed by atoms with E-state index in [1.165, 1.54) is 12.1 Å². The molecule has 0 bridgehead atoms. The van der Waals surface area contributed by atoms with Crippen LogP contribution in [0.3, 0.4) is 0 Å². The van der Waals surface area contributed by atoms with Crippen LogP contribution in [0.4, 0.5) is 5.88 Å². The number of benzene rings is 1.